The SMILES string of the molecule is CCOC(=O)C1=C(C)N=c2s/c(=C\c3ccc(F)cc3)c(=O)n2[C@@H]1c1ccc(-c2cccc([N+](=O)[O-])c2)o1. The number of non-ortho nitro benzene ring substituents is 1. The molecule has 1 aliphatic rings. The normalized spacial score (nSPS) is 15.2. The number of halogens is 1. The van der Waals surface area contributed by atoms with E-state index in [4.69, 9.17) is 9.15 Å². The third-order valence-corrected chi connectivity index (χ3v) is 6.91. The number of nitro benzene ring substituents is 1. The van der Waals surface area contributed by atoms with E-state index in [-0.39, 0.29) is 23.6 Å². The van der Waals surface area contributed by atoms with Crippen molar-refractivity contribution in [2.24, 2.45) is 4.99 Å². The molecule has 1 atom stereocenters. The molecular formula is C27H20FN3O6S. The highest BCUT2D eigenvalue weighted by molar-refractivity contribution is 7.07. The summed E-state index contributed by atoms with van der Waals surface area (Å²) in [6, 6.07) is 13.9. The van der Waals surface area contributed by atoms with Gasteiger partial charge in [-0.25, -0.2) is 14.2 Å². The van der Waals surface area contributed by atoms with Crippen molar-refractivity contribution in [1.29, 1.82) is 0 Å². The van der Waals surface area contributed by atoms with Crippen LogP contribution < -0.4 is 14.9 Å². The van der Waals surface area contributed by atoms with Crippen LogP contribution in [0.2, 0.25) is 0 Å². The lowest BCUT2D eigenvalue weighted by Gasteiger charge is -2.22. The number of hydrogen-bond donors (Lipinski definition) is 0. The summed E-state index contributed by atoms with van der Waals surface area (Å²) in [6.07, 6.45) is 1.63. The highest BCUT2D eigenvalue weighted by Gasteiger charge is 2.35. The average molecular weight is 534 g/mol. The van der Waals surface area contributed by atoms with E-state index in [2.05, 4.69) is 4.99 Å². The van der Waals surface area contributed by atoms with Gasteiger partial charge < -0.3 is 9.15 Å². The van der Waals surface area contributed by atoms with Gasteiger partial charge in [0.1, 0.15) is 23.4 Å². The zero-order valence-electron chi connectivity index (χ0n) is 20.2. The monoisotopic (exact) mass is 533 g/mol. The number of hydrogen-bond acceptors (Lipinski definition) is 8. The molecule has 1 aliphatic heterocycles. The van der Waals surface area contributed by atoms with Crippen LogP contribution in [0.5, 0.6) is 0 Å². The fraction of sp³-hybridized carbons (Fsp3) is 0.148. The Kier molecular flexibility index (Phi) is 6.60. The fourth-order valence-electron chi connectivity index (χ4n) is 4.20. The molecular weight excluding hydrogens is 513 g/mol. The van der Waals surface area contributed by atoms with Crippen molar-refractivity contribution in [3.8, 4) is 11.3 Å². The molecule has 38 heavy (non-hydrogen) atoms. The number of benzene rings is 2. The first-order valence-electron chi connectivity index (χ1n) is 11.6. The Morgan fingerprint density at radius 2 is 2.00 bits per heavy atom. The van der Waals surface area contributed by atoms with Gasteiger partial charge in [0.2, 0.25) is 0 Å². The molecule has 0 amide bonds. The van der Waals surface area contributed by atoms with Gasteiger partial charge in [-0.3, -0.25) is 19.5 Å². The summed E-state index contributed by atoms with van der Waals surface area (Å²) in [5.74, 6) is -0.441. The van der Waals surface area contributed by atoms with Crippen molar-refractivity contribution < 1.29 is 23.3 Å². The smallest absolute Gasteiger partial charge is 0.338 e. The molecule has 0 spiro atoms. The number of aromatic nitrogens is 1. The van der Waals surface area contributed by atoms with E-state index >= 15 is 0 Å². The summed E-state index contributed by atoms with van der Waals surface area (Å²) < 4.78 is 26.4. The van der Waals surface area contributed by atoms with Gasteiger partial charge in [-0.05, 0) is 49.8 Å². The molecule has 11 heteroatoms. The number of thiazole rings is 1. The number of carbonyl (C=O) groups is 1. The van der Waals surface area contributed by atoms with Crippen LogP contribution >= 0.6 is 11.3 Å². The molecule has 0 radical (unpaired) electrons. The van der Waals surface area contributed by atoms with E-state index in [1.165, 1.54) is 28.8 Å². The van der Waals surface area contributed by atoms with Gasteiger partial charge in [-0.15, -0.1) is 0 Å². The van der Waals surface area contributed by atoms with E-state index in [0.717, 1.165) is 11.3 Å². The molecule has 2 aromatic heterocycles. The lowest BCUT2D eigenvalue weighted by Crippen LogP contribution is -2.39. The molecule has 0 N–H and O–H groups in total. The third kappa shape index (κ3) is 4.59. The van der Waals surface area contributed by atoms with Gasteiger partial charge in [0, 0.05) is 17.7 Å². The van der Waals surface area contributed by atoms with Crippen LogP contribution in [0.25, 0.3) is 17.4 Å². The Morgan fingerprint density at radius 1 is 1.24 bits per heavy atom. The summed E-state index contributed by atoms with van der Waals surface area (Å²) in [5.41, 5.74) is 1.10. The van der Waals surface area contributed by atoms with E-state index in [9.17, 15) is 24.1 Å². The third-order valence-electron chi connectivity index (χ3n) is 5.92. The van der Waals surface area contributed by atoms with Crippen molar-refractivity contribution in [2.45, 2.75) is 19.9 Å². The lowest BCUT2D eigenvalue weighted by molar-refractivity contribution is -0.384. The van der Waals surface area contributed by atoms with Crippen LogP contribution in [0.3, 0.4) is 0 Å². The first kappa shape index (κ1) is 25.0. The minimum atomic E-state index is -0.979. The van der Waals surface area contributed by atoms with Crippen molar-refractivity contribution in [3.05, 3.63) is 119 Å². The van der Waals surface area contributed by atoms with Gasteiger partial charge in [0.05, 0.1) is 27.3 Å². The first-order chi connectivity index (χ1) is 18.3. The zero-order valence-corrected chi connectivity index (χ0v) is 21.0. The van der Waals surface area contributed by atoms with Gasteiger partial charge in [0.15, 0.2) is 4.80 Å². The molecule has 0 aliphatic carbocycles. The Hall–Kier alpha value is -4.64. The van der Waals surface area contributed by atoms with Crippen LogP contribution in [0.1, 0.15) is 31.2 Å². The van der Waals surface area contributed by atoms with Crippen LogP contribution in [0.4, 0.5) is 10.1 Å². The molecule has 5 rings (SSSR count). The van der Waals surface area contributed by atoms with Gasteiger partial charge in [-0.2, -0.15) is 0 Å². The molecule has 0 saturated carbocycles. The standard InChI is InChI=1S/C27H20FN3O6S/c1-3-36-26(33)23-15(2)29-27-30(25(32)22(38-27)13-16-7-9-18(28)10-8-16)24(23)21-12-11-20(37-21)17-5-4-6-19(14-17)31(34)35/h4-14,24H,3H2,1-2H3/b22-13-/t24-/m1/s1. The Morgan fingerprint density at radius 3 is 2.71 bits per heavy atom. The molecule has 3 heterocycles. The van der Waals surface area contributed by atoms with E-state index < -0.39 is 28.3 Å². The molecule has 0 saturated heterocycles. The Balaban J connectivity index is 1.67. The van der Waals surface area contributed by atoms with Crippen LogP contribution in [0, 0.1) is 15.9 Å². The first-order valence-corrected chi connectivity index (χ1v) is 12.4. The quantitative estimate of drug-likeness (QED) is 0.209. The second kappa shape index (κ2) is 10.0. The summed E-state index contributed by atoms with van der Waals surface area (Å²) in [4.78, 5) is 42.2. The van der Waals surface area contributed by atoms with Crippen LogP contribution in [-0.4, -0.2) is 22.1 Å². The second-order valence-corrected chi connectivity index (χ2v) is 9.37. The maximum absolute atomic E-state index is 13.6. The molecule has 192 valence electrons. The van der Waals surface area contributed by atoms with Crippen molar-refractivity contribution >= 4 is 29.1 Å². The Labute approximate surface area is 218 Å². The topological polar surface area (TPSA) is 117 Å². The lowest BCUT2D eigenvalue weighted by atomic mass is 10.0. The largest absolute Gasteiger partial charge is 0.463 e. The number of nitro groups is 1. The average Bonchev–Trinajstić information content (AvgIpc) is 3.50. The van der Waals surface area contributed by atoms with Gasteiger partial charge in [-0.1, -0.05) is 35.6 Å². The molecule has 0 fully saturated rings. The summed E-state index contributed by atoms with van der Waals surface area (Å²) in [7, 11) is 0. The van der Waals surface area contributed by atoms with Crippen molar-refractivity contribution in [2.75, 3.05) is 6.61 Å². The maximum Gasteiger partial charge on any atom is 0.338 e. The van der Waals surface area contributed by atoms with E-state index in [1.54, 1.807) is 56.3 Å². The minimum absolute atomic E-state index is 0.0998. The molecule has 9 nitrogen and oxygen atoms in total. The number of allylic oxidation sites excluding steroid dienone is 1. The molecule has 0 unspecified atom stereocenters. The number of esters is 1. The summed E-state index contributed by atoms with van der Waals surface area (Å²) in [6.45, 7) is 3.45. The van der Waals surface area contributed by atoms with E-state index in [1.807, 2.05) is 0 Å². The maximum atomic E-state index is 13.6. The fourth-order valence-corrected chi connectivity index (χ4v) is 5.25. The van der Waals surface area contributed by atoms with Gasteiger partial charge >= 0.3 is 5.97 Å². The van der Waals surface area contributed by atoms with Crippen LogP contribution in [-0.2, 0) is 9.53 Å². The number of carbonyl (C=O) groups excluding carboxylic acids is 1. The number of furan rings is 1. The highest BCUT2D eigenvalue weighted by atomic mass is 32.1. The van der Waals surface area contributed by atoms with Crippen LogP contribution in [0.15, 0.2) is 86.1 Å². The Bertz CT molecular complexity index is 1780. The number of rotatable bonds is 6. The number of fused-ring (bicyclic) bond motifs is 1. The number of nitrogens with zero attached hydrogens (tertiary/aromatic N) is 3. The van der Waals surface area contributed by atoms with Crippen molar-refractivity contribution in [1.82, 2.24) is 4.57 Å². The highest BCUT2D eigenvalue weighted by Crippen LogP contribution is 2.34. The van der Waals surface area contributed by atoms with Gasteiger partial charge in [0.25, 0.3) is 11.2 Å². The summed E-state index contributed by atoms with van der Waals surface area (Å²) in [5, 5.41) is 11.2. The summed E-state index contributed by atoms with van der Waals surface area (Å²) >= 11 is 1.13. The van der Waals surface area contributed by atoms with E-state index in [0.29, 0.717) is 31.9 Å². The zero-order chi connectivity index (χ0) is 27.0. The predicted molar refractivity (Wildman–Crippen MR) is 138 cm³/mol. The minimum Gasteiger partial charge on any atom is -0.463 e. The predicted octanol–water partition coefficient (Wildman–Crippen LogP) is 4.11. The van der Waals surface area contributed by atoms with Crippen molar-refractivity contribution in [3.63, 3.8) is 0 Å². The molecule has 2 aromatic carbocycles. The number of ether oxygens (including phenoxy) is 1. The second-order valence-electron chi connectivity index (χ2n) is 8.36. The molecule has 0 bridgehead atoms. The molecule has 4 aromatic rings.